The number of ether oxygens (including phenoxy) is 1. The molecular formula is C15H23N3O2S. The van der Waals surface area contributed by atoms with E-state index in [9.17, 15) is 4.79 Å². The van der Waals surface area contributed by atoms with Crippen molar-refractivity contribution in [3.05, 3.63) is 11.4 Å². The van der Waals surface area contributed by atoms with Gasteiger partial charge in [-0.2, -0.15) is 0 Å². The van der Waals surface area contributed by atoms with E-state index in [1.54, 1.807) is 0 Å². The minimum atomic E-state index is -0.198. The minimum Gasteiger partial charge on any atom is -0.465 e. The average Bonchev–Trinajstić information content (AvgIpc) is 3.30. The Balaban J connectivity index is 2.13. The Labute approximate surface area is 130 Å². The second-order valence-corrected chi connectivity index (χ2v) is 6.12. The molecule has 1 N–H and O–H groups in total. The van der Waals surface area contributed by atoms with Crippen LogP contribution in [0.25, 0.3) is 0 Å². The highest BCUT2D eigenvalue weighted by atomic mass is 32.2. The number of nitrogens with zero attached hydrogens (tertiary/aromatic N) is 2. The first-order chi connectivity index (χ1) is 10.2. The molecular weight excluding hydrogens is 286 g/mol. The zero-order valence-corrected chi connectivity index (χ0v) is 13.8. The molecule has 1 saturated carbocycles. The summed E-state index contributed by atoms with van der Waals surface area (Å²) in [5.41, 5.74) is 1.02. The predicted octanol–water partition coefficient (Wildman–Crippen LogP) is 3.14. The number of anilines is 1. The molecule has 1 aliphatic rings. The van der Waals surface area contributed by atoms with Crippen molar-refractivity contribution in [2.75, 3.05) is 24.2 Å². The molecule has 1 aromatic heterocycles. The Kier molecular flexibility index (Phi) is 5.85. The SMILES string of the molecule is CCCNc1nc(C2CC2)nc(SCC(=O)OCC)c1C. The van der Waals surface area contributed by atoms with Gasteiger partial charge in [-0.15, -0.1) is 0 Å². The Morgan fingerprint density at radius 1 is 1.38 bits per heavy atom. The molecule has 0 spiro atoms. The number of thioether (sulfide) groups is 1. The number of hydrogen-bond donors (Lipinski definition) is 1. The number of aromatic nitrogens is 2. The highest BCUT2D eigenvalue weighted by Crippen LogP contribution is 2.40. The van der Waals surface area contributed by atoms with E-state index in [4.69, 9.17) is 4.74 Å². The van der Waals surface area contributed by atoms with E-state index in [1.165, 1.54) is 11.8 Å². The molecule has 1 aromatic rings. The lowest BCUT2D eigenvalue weighted by atomic mass is 10.3. The Morgan fingerprint density at radius 3 is 2.76 bits per heavy atom. The van der Waals surface area contributed by atoms with Gasteiger partial charge in [-0.1, -0.05) is 18.7 Å². The fourth-order valence-corrected chi connectivity index (χ4v) is 2.73. The van der Waals surface area contributed by atoms with Gasteiger partial charge < -0.3 is 10.1 Å². The van der Waals surface area contributed by atoms with E-state index < -0.39 is 0 Å². The summed E-state index contributed by atoms with van der Waals surface area (Å²) in [6.07, 6.45) is 3.38. The normalized spacial score (nSPS) is 14.0. The summed E-state index contributed by atoms with van der Waals surface area (Å²) in [5, 5.41) is 4.25. The summed E-state index contributed by atoms with van der Waals surface area (Å²) in [5.74, 6) is 2.40. The van der Waals surface area contributed by atoms with Crippen LogP contribution in [0.4, 0.5) is 5.82 Å². The first kappa shape index (κ1) is 16.1. The van der Waals surface area contributed by atoms with E-state index in [1.807, 2.05) is 13.8 Å². The molecule has 5 nitrogen and oxygen atoms in total. The van der Waals surface area contributed by atoms with Gasteiger partial charge in [-0.05, 0) is 33.1 Å². The first-order valence-electron chi connectivity index (χ1n) is 7.56. The van der Waals surface area contributed by atoms with Crippen molar-refractivity contribution in [1.29, 1.82) is 0 Å². The smallest absolute Gasteiger partial charge is 0.316 e. The Bertz CT molecular complexity index is 504. The molecule has 116 valence electrons. The van der Waals surface area contributed by atoms with E-state index in [-0.39, 0.29) is 5.97 Å². The molecule has 0 bridgehead atoms. The highest BCUT2D eigenvalue weighted by Gasteiger charge is 2.28. The second kappa shape index (κ2) is 7.64. The van der Waals surface area contributed by atoms with Gasteiger partial charge in [0, 0.05) is 18.0 Å². The average molecular weight is 309 g/mol. The van der Waals surface area contributed by atoms with Gasteiger partial charge in [0.15, 0.2) is 0 Å². The molecule has 1 aliphatic carbocycles. The van der Waals surface area contributed by atoms with Gasteiger partial charge in [0.25, 0.3) is 0 Å². The van der Waals surface area contributed by atoms with Crippen LogP contribution < -0.4 is 5.32 Å². The van der Waals surface area contributed by atoms with Crippen LogP contribution in [-0.2, 0) is 9.53 Å². The number of esters is 1. The zero-order chi connectivity index (χ0) is 15.2. The van der Waals surface area contributed by atoms with Crippen LogP contribution in [0.1, 0.15) is 50.4 Å². The number of nitrogens with one attached hydrogen (secondary N) is 1. The molecule has 0 aromatic carbocycles. The lowest BCUT2D eigenvalue weighted by Crippen LogP contribution is -2.10. The molecule has 1 heterocycles. The third-order valence-electron chi connectivity index (χ3n) is 3.24. The summed E-state index contributed by atoms with van der Waals surface area (Å²) in [7, 11) is 0. The topological polar surface area (TPSA) is 64.1 Å². The van der Waals surface area contributed by atoms with Crippen molar-refractivity contribution in [3.8, 4) is 0 Å². The molecule has 0 unspecified atom stereocenters. The van der Waals surface area contributed by atoms with Gasteiger partial charge >= 0.3 is 5.97 Å². The number of rotatable bonds is 8. The van der Waals surface area contributed by atoms with E-state index >= 15 is 0 Å². The summed E-state index contributed by atoms with van der Waals surface area (Å²) in [4.78, 5) is 20.8. The molecule has 0 aliphatic heterocycles. The molecule has 0 radical (unpaired) electrons. The molecule has 0 saturated heterocycles. The van der Waals surface area contributed by atoms with Crippen LogP contribution in [0.2, 0.25) is 0 Å². The van der Waals surface area contributed by atoms with Crippen LogP contribution in [0.15, 0.2) is 5.03 Å². The fraction of sp³-hybridized carbons (Fsp3) is 0.667. The summed E-state index contributed by atoms with van der Waals surface area (Å²) in [6.45, 7) is 7.25. The van der Waals surface area contributed by atoms with Crippen molar-refractivity contribution in [2.24, 2.45) is 0 Å². The second-order valence-electron chi connectivity index (χ2n) is 5.16. The van der Waals surface area contributed by atoms with Gasteiger partial charge in [-0.25, -0.2) is 9.97 Å². The third kappa shape index (κ3) is 4.59. The van der Waals surface area contributed by atoms with Crippen LogP contribution in [0.5, 0.6) is 0 Å². The van der Waals surface area contributed by atoms with Crippen molar-refractivity contribution in [2.45, 2.75) is 51.0 Å². The van der Waals surface area contributed by atoms with Crippen molar-refractivity contribution in [3.63, 3.8) is 0 Å². The van der Waals surface area contributed by atoms with E-state index in [0.717, 1.165) is 48.0 Å². The molecule has 1 fully saturated rings. The van der Waals surface area contributed by atoms with Gasteiger partial charge in [-0.3, -0.25) is 4.79 Å². The van der Waals surface area contributed by atoms with Crippen molar-refractivity contribution < 1.29 is 9.53 Å². The Hall–Kier alpha value is -1.30. The quantitative estimate of drug-likeness (QED) is 0.452. The largest absolute Gasteiger partial charge is 0.465 e. The van der Waals surface area contributed by atoms with Gasteiger partial charge in [0.05, 0.1) is 12.4 Å². The molecule has 0 amide bonds. The summed E-state index contributed by atoms with van der Waals surface area (Å²) < 4.78 is 4.97. The summed E-state index contributed by atoms with van der Waals surface area (Å²) in [6, 6.07) is 0. The minimum absolute atomic E-state index is 0.198. The van der Waals surface area contributed by atoms with Crippen LogP contribution in [0, 0.1) is 6.92 Å². The highest BCUT2D eigenvalue weighted by molar-refractivity contribution is 7.99. The molecule has 0 atom stereocenters. The molecule has 2 rings (SSSR count). The number of carbonyl (C=O) groups excluding carboxylic acids is 1. The Morgan fingerprint density at radius 2 is 2.14 bits per heavy atom. The van der Waals surface area contributed by atoms with Crippen molar-refractivity contribution >= 4 is 23.5 Å². The van der Waals surface area contributed by atoms with Crippen LogP contribution in [0.3, 0.4) is 0 Å². The van der Waals surface area contributed by atoms with E-state index in [2.05, 4.69) is 22.2 Å². The fourth-order valence-electron chi connectivity index (χ4n) is 1.92. The third-order valence-corrected chi connectivity index (χ3v) is 4.29. The maximum Gasteiger partial charge on any atom is 0.316 e. The zero-order valence-electron chi connectivity index (χ0n) is 12.9. The number of hydrogen-bond acceptors (Lipinski definition) is 6. The van der Waals surface area contributed by atoms with E-state index in [0.29, 0.717) is 18.3 Å². The lowest BCUT2D eigenvalue weighted by Gasteiger charge is -2.13. The standard InChI is InChI=1S/C15H23N3O2S/c1-4-8-16-13-10(3)15(21-9-12(19)20-5-2)18-14(17-13)11-6-7-11/h11H,4-9H2,1-3H3,(H,16,17,18). The van der Waals surface area contributed by atoms with Crippen LogP contribution >= 0.6 is 11.8 Å². The monoisotopic (exact) mass is 309 g/mol. The lowest BCUT2D eigenvalue weighted by molar-refractivity contribution is -0.139. The maximum absolute atomic E-state index is 11.5. The van der Waals surface area contributed by atoms with Crippen molar-refractivity contribution in [1.82, 2.24) is 9.97 Å². The predicted molar refractivity (Wildman–Crippen MR) is 84.9 cm³/mol. The molecule has 6 heteroatoms. The molecule has 21 heavy (non-hydrogen) atoms. The van der Waals surface area contributed by atoms with Crippen LogP contribution in [-0.4, -0.2) is 34.8 Å². The maximum atomic E-state index is 11.5. The summed E-state index contributed by atoms with van der Waals surface area (Å²) >= 11 is 1.44. The number of carbonyl (C=O) groups is 1. The first-order valence-corrected chi connectivity index (χ1v) is 8.55. The van der Waals surface area contributed by atoms with Gasteiger partial charge in [0.2, 0.25) is 0 Å². The van der Waals surface area contributed by atoms with Gasteiger partial charge in [0.1, 0.15) is 16.7 Å².